The Labute approximate surface area is 194 Å². The zero-order chi connectivity index (χ0) is 20.7. The highest BCUT2D eigenvalue weighted by atomic mass is 35.5. The van der Waals surface area contributed by atoms with Gasteiger partial charge in [0, 0.05) is 20.8 Å². The van der Waals surface area contributed by atoms with E-state index in [4.69, 9.17) is 33.8 Å². The summed E-state index contributed by atoms with van der Waals surface area (Å²) in [6.45, 7) is 0. The molecule has 7 rings (SSSR count). The van der Waals surface area contributed by atoms with E-state index < -0.39 is 0 Å². The highest BCUT2D eigenvalue weighted by molar-refractivity contribution is 7.71. The number of rotatable bonds is 1. The molecule has 0 amide bonds. The predicted octanol–water partition coefficient (Wildman–Crippen LogP) is 6.70. The molecule has 0 aliphatic heterocycles. The first-order valence-electron chi connectivity index (χ1n) is 9.72. The van der Waals surface area contributed by atoms with Crippen molar-refractivity contribution in [2.24, 2.45) is 0 Å². The van der Waals surface area contributed by atoms with Crippen molar-refractivity contribution >= 4 is 72.6 Å². The average molecular weight is 478 g/mol. The summed E-state index contributed by atoms with van der Waals surface area (Å²) in [7, 11) is 0. The van der Waals surface area contributed by atoms with E-state index in [1.54, 1.807) is 17.7 Å². The van der Waals surface area contributed by atoms with Crippen LogP contribution in [0.4, 0.5) is 0 Å². The maximum atomic E-state index is 6.21. The number of aromatic amines is 1. The zero-order valence-electron chi connectivity index (χ0n) is 15.8. The van der Waals surface area contributed by atoms with Gasteiger partial charge in [0.2, 0.25) is 4.77 Å². The van der Waals surface area contributed by atoms with Gasteiger partial charge in [0.05, 0.1) is 11.2 Å². The molecule has 5 aromatic heterocycles. The lowest BCUT2D eigenvalue weighted by molar-refractivity contribution is 0.957. The van der Waals surface area contributed by atoms with Gasteiger partial charge in [-0.1, -0.05) is 23.7 Å². The van der Waals surface area contributed by atoms with Gasteiger partial charge in [-0.15, -0.1) is 22.7 Å². The molecule has 0 bridgehead atoms. The Kier molecular flexibility index (Phi) is 3.73. The van der Waals surface area contributed by atoms with Crippen molar-refractivity contribution in [1.29, 1.82) is 0 Å². The summed E-state index contributed by atoms with van der Waals surface area (Å²) in [6.07, 6.45) is 3.73. The summed E-state index contributed by atoms with van der Waals surface area (Å²) >= 11 is 15.0. The van der Waals surface area contributed by atoms with Gasteiger partial charge in [0.25, 0.3) is 0 Å². The van der Waals surface area contributed by atoms with Gasteiger partial charge in [0.15, 0.2) is 5.65 Å². The second-order valence-corrected chi connectivity index (χ2v) is 10.3. The molecule has 1 aliphatic rings. The highest BCUT2D eigenvalue weighted by Gasteiger charge is 2.27. The zero-order valence-corrected chi connectivity index (χ0v) is 19.1. The number of pyridine rings is 1. The van der Waals surface area contributed by atoms with E-state index in [-0.39, 0.29) is 0 Å². The number of hydrogen-bond donors (Lipinski definition) is 1. The van der Waals surface area contributed by atoms with Crippen molar-refractivity contribution in [1.82, 2.24) is 24.6 Å². The predicted molar refractivity (Wildman–Crippen MR) is 130 cm³/mol. The van der Waals surface area contributed by atoms with Crippen molar-refractivity contribution in [3.63, 3.8) is 0 Å². The monoisotopic (exact) mass is 477 g/mol. The number of aromatic nitrogens is 5. The molecule has 0 fully saturated rings. The second kappa shape index (κ2) is 6.43. The van der Waals surface area contributed by atoms with Crippen molar-refractivity contribution in [2.45, 2.75) is 12.8 Å². The number of fused-ring (bicyclic) bond motifs is 8. The number of H-pyrrole nitrogens is 1. The van der Waals surface area contributed by atoms with Gasteiger partial charge in [-0.3, -0.25) is 9.50 Å². The summed E-state index contributed by atoms with van der Waals surface area (Å²) in [5.41, 5.74) is 7.65. The molecule has 0 unspecified atom stereocenters. The van der Waals surface area contributed by atoms with Gasteiger partial charge >= 0.3 is 0 Å². The van der Waals surface area contributed by atoms with Gasteiger partial charge in [-0.2, -0.15) is 5.10 Å². The minimum Gasteiger partial charge on any atom is -0.257 e. The van der Waals surface area contributed by atoms with E-state index in [0.717, 1.165) is 55.2 Å². The molecule has 0 saturated carbocycles. The lowest BCUT2D eigenvalue weighted by atomic mass is 9.87. The van der Waals surface area contributed by atoms with Gasteiger partial charge in [-0.25, -0.2) is 9.97 Å². The SMILES string of the molecule is S=c1[nH]nc2c3sc4nc5c(c(-c6ccc(Cl)cc6)c4c3ncn12)CCc1sccc1-5. The van der Waals surface area contributed by atoms with Crippen molar-refractivity contribution < 1.29 is 0 Å². The van der Waals surface area contributed by atoms with Crippen molar-refractivity contribution in [3.05, 3.63) is 62.3 Å². The van der Waals surface area contributed by atoms with Crippen LogP contribution in [0.2, 0.25) is 5.02 Å². The van der Waals surface area contributed by atoms with Crippen LogP contribution in [0.3, 0.4) is 0 Å². The first-order valence-corrected chi connectivity index (χ1v) is 12.2. The molecular weight excluding hydrogens is 466 g/mol. The van der Waals surface area contributed by atoms with Gasteiger partial charge < -0.3 is 0 Å². The Morgan fingerprint density at radius 1 is 1.13 bits per heavy atom. The van der Waals surface area contributed by atoms with E-state index in [1.165, 1.54) is 21.6 Å². The topological polar surface area (TPSA) is 58.9 Å². The molecule has 0 spiro atoms. The molecule has 31 heavy (non-hydrogen) atoms. The first kappa shape index (κ1) is 18.0. The molecule has 150 valence electrons. The maximum Gasteiger partial charge on any atom is 0.200 e. The fourth-order valence-electron chi connectivity index (χ4n) is 4.50. The van der Waals surface area contributed by atoms with Crippen LogP contribution in [0.1, 0.15) is 10.4 Å². The number of thiophene rings is 2. The van der Waals surface area contributed by atoms with Crippen LogP contribution in [0, 0.1) is 4.77 Å². The Balaban J connectivity index is 1.69. The Hall–Kier alpha value is -2.65. The third kappa shape index (κ3) is 2.47. The van der Waals surface area contributed by atoms with Gasteiger partial charge in [0.1, 0.15) is 15.9 Å². The summed E-state index contributed by atoms with van der Waals surface area (Å²) in [5, 5.41) is 11.3. The smallest absolute Gasteiger partial charge is 0.200 e. The van der Waals surface area contributed by atoms with Crippen LogP contribution in [0.25, 0.3) is 48.5 Å². The van der Waals surface area contributed by atoms with Crippen LogP contribution < -0.4 is 0 Å². The number of nitrogens with one attached hydrogen (secondary N) is 1. The van der Waals surface area contributed by atoms with Crippen LogP contribution in [0.5, 0.6) is 0 Å². The summed E-state index contributed by atoms with van der Waals surface area (Å²) in [5.74, 6) is 0. The molecule has 0 radical (unpaired) electrons. The average Bonchev–Trinajstić information content (AvgIpc) is 3.49. The molecule has 1 N–H and O–H groups in total. The standard InChI is InChI=1S/C22H12ClN5S3/c23-11-3-1-10(2-4-11)15-13-5-6-14-12(7-8-30-14)17(13)25-21-16(15)18-19(31-21)20-26-27-22(29)28(20)9-24-18/h1-4,7-9H,5-6H2,(H,27,29). The summed E-state index contributed by atoms with van der Waals surface area (Å²) in [6, 6.07) is 10.3. The quantitative estimate of drug-likeness (QED) is 0.268. The van der Waals surface area contributed by atoms with E-state index >= 15 is 0 Å². The Morgan fingerprint density at radius 2 is 2.00 bits per heavy atom. The van der Waals surface area contributed by atoms with Crippen LogP contribution in [-0.2, 0) is 12.8 Å². The molecule has 0 saturated heterocycles. The third-order valence-electron chi connectivity index (χ3n) is 5.86. The van der Waals surface area contributed by atoms with Crippen LogP contribution in [-0.4, -0.2) is 24.6 Å². The Morgan fingerprint density at radius 3 is 2.87 bits per heavy atom. The van der Waals surface area contributed by atoms with Crippen LogP contribution in [0.15, 0.2) is 42.0 Å². The van der Waals surface area contributed by atoms with E-state index in [1.807, 2.05) is 27.9 Å². The second-order valence-electron chi connectivity index (χ2n) is 7.51. The van der Waals surface area contributed by atoms with Crippen molar-refractivity contribution in [3.8, 4) is 22.4 Å². The third-order valence-corrected chi connectivity index (χ3v) is 8.45. The minimum absolute atomic E-state index is 0.537. The first-order chi connectivity index (χ1) is 15.2. The molecular formula is C22H12ClN5S3. The molecule has 0 atom stereocenters. The maximum absolute atomic E-state index is 6.21. The minimum atomic E-state index is 0.537. The number of nitrogens with zero attached hydrogens (tertiary/aromatic N) is 4. The number of benzene rings is 1. The van der Waals surface area contributed by atoms with Gasteiger partial charge in [-0.05, 0) is 65.3 Å². The van der Waals surface area contributed by atoms with E-state index in [2.05, 4.69) is 33.8 Å². The van der Waals surface area contributed by atoms with E-state index in [0.29, 0.717) is 4.77 Å². The number of hydrogen-bond acceptors (Lipinski definition) is 6. The Bertz CT molecular complexity index is 1720. The fourth-order valence-corrected chi connectivity index (χ4v) is 6.80. The molecule has 1 aliphatic carbocycles. The lowest BCUT2D eigenvalue weighted by Crippen LogP contribution is -2.06. The van der Waals surface area contributed by atoms with Crippen molar-refractivity contribution in [2.75, 3.05) is 0 Å². The molecule has 1 aromatic carbocycles. The largest absolute Gasteiger partial charge is 0.257 e. The molecule has 9 heteroatoms. The normalized spacial score (nSPS) is 13.2. The molecule has 6 aromatic rings. The summed E-state index contributed by atoms with van der Waals surface area (Å²) in [4.78, 5) is 12.3. The molecule has 5 heterocycles. The van der Waals surface area contributed by atoms with Crippen LogP contribution >= 0.6 is 46.5 Å². The highest BCUT2D eigenvalue weighted by Crippen LogP contribution is 2.47. The number of aryl methyl sites for hydroxylation is 1. The summed E-state index contributed by atoms with van der Waals surface area (Å²) < 4.78 is 3.33. The number of halogens is 1. The lowest BCUT2D eigenvalue weighted by Gasteiger charge is -2.20. The van der Waals surface area contributed by atoms with E-state index in [9.17, 15) is 0 Å². The fraction of sp³-hybridized carbons (Fsp3) is 0.0909. The molecule has 5 nitrogen and oxygen atoms in total.